The molecule has 6 heteroatoms. The first-order chi connectivity index (χ1) is 9.70. The Morgan fingerprint density at radius 2 is 2.25 bits per heavy atom. The van der Waals surface area contributed by atoms with Crippen molar-refractivity contribution in [2.45, 2.75) is 20.0 Å². The van der Waals surface area contributed by atoms with Crippen molar-refractivity contribution >= 4 is 0 Å². The van der Waals surface area contributed by atoms with E-state index in [2.05, 4.69) is 26.8 Å². The summed E-state index contributed by atoms with van der Waals surface area (Å²) >= 11 is 0. The van der Waals surface area contributed by atoms with Crippen molar-refractivity contribution in [3.8, 4) is 17.6 Å². The Morgan fingerprint density at radius 1 is 1.40 bits per heavy atom. The maximum absolute atomic E-state index is 13.7. The highest BCUT2D eigenvalue weighted by molar-refractivity contribution is 5.39. The Kier molecular flexibility index (Phi) is 4.69. The molecule has 20 heavy (non-hydrogen) atoms. The Balaban J connectivity index is 2.02. The smallest absolute Gasteiger partial charge is 0.145 e. The zero-order valence-corrected chi connectivity index (χ0v) is 10.9. The SMILES string of the molecule is Cc1nonc1COc1ccc(C#CCCO)c(F)c1. The number of aromatic nitrogens is 2. The van der Waals surface area contributed by atoms with Gasteiger partial charge in [-0.2, -0.15) is 0 Å². The summed E-state index contributed by atoms with van der Waals surface area (Å²) in [6.07, 6.45) is 0.316. The molecule has 0 aliphatic carbocycles. The average molecular weight is 276 g/mol. The van der Waals surface area contributed by atoms with E-state index in [1.807, 2.05) is 0 Å². The van der Waals surface area contributed by atoms with Gasteiger partial charge < -0.3 is 9.84 Å². The first-order valence-electron chi connectivity index (χ1n) is 6.01. The van der Waals surface area contributed by atoms with Crippen LogP contribution in [0.3, 0.4) is 0 Å². The Morgan fingerprint density at radius 3 is 2.90 bits per heavy atom. The van der Waals surface area contributed by atoms with Gasteiger partial charge in [0, 0.05) is 12.5 Å². The fourth-order valence-corrected chi connectivity index (χ4v) is 1.43. The second-order valence-corrected chi connectivity index (χ2v) is 4.00. The molecule has 1 aromatic heterocycles. The van der Waals surface area contributed by atoms with Crippen LogP contribution in [0.5, 0.6) is 5.75 Å². The molecule has 0 bridgehead atoms. The van der Waals surface area contributed by atoms with E-state index in [-0.39, 0.29) is 18.8 Å². The van der Waals surface area contributed by atoms with Crippen molar-refractivity contribution in [3.05, 3.63) is 41.0 Å². The standard InChI is InChI=1S/C14H13FN2O3/c1-10-14(17-20-16-10)9-19-12-6-5-11(13(15)8-12)4-2-3-7-18/h5-6,8,18H,3,7,9H2,1H3. The molecule has 1 aromatic carbocycles. The van der Waals surface area contributed by atoms with Crippen LogP contribution in [0.1, 0.15) is 23.4 Å². The molecule has 2 rings (SSSR count). The molecule has 5 nitrogen and oxygen atoms in total. The van der Waals surface area contributed by atoms with E-state index in [1.54, 1.807) is 13.0 Å². The number of ether oxygens (including phenoxy) is 1. The Bertz CT molecular complexity index is 643. The van der Waals surface area contributed by atoms with E-state index in [0.717, 1.165) is 0 Å². The number of benzene rings is 1. The number of aliphatic hydroxyl groups is 1. The molecule has 0 unspecified atom stereocenters. The minimum absolute atomic E-state index is 0.0408. The van der Waals surface area contributed by atoms with Crippen molar-refractivity contribution in [3.63, 3.8) is 0 Å². The molecule has 1 heterocycles. The fraction of sp³-hybridized carbons (Fsp3) is 0.286. The second-order valence-electron chi connectivity index (χ2n) is 4.00. The van der Waals surface area contributed by atoms with Crippen molar-refractivity contribution in [1.82, 2.24) is 10.3 Å². The first-order valence-corrected chi connectivity index (χ1v) is 6.01. The predicted molar refractivity (Wildman–Crippen MR) is 68.3 cm³/mol. The lowest BCUT2D eigenvalue weighted by Gasteiger charge is -2.04. The number of nitrogens with zero attached hydrogens (tertiary/aromatic N) is 2. The van der Waals surface area contributed by atoms with E-state index in [0.29, 0.717) is 23.6 Å². The molecule has 0 aliphatic heterocycles. The minimum atomic E-state index is -0.470. The van der Waals surface area contributed by atoms with Gasteiger partial charge >= 0.3 is 0 Å². The number of rotatable bonds is 4. The van der Waals surface area contributed by atoms with Crippen LogP contribution in [0.15, 0.2) is 22.8 Å². The predicted octanol–water partition coefficient (Wildman–Crippen LogP) is 1.83. The van der Waals surface area contributed by atoms with Gasteiger partial charge in [0.25, 0.3) is 0 Å². The molecule has 0 fully saturated rings. The maximum atomic E-state index is 13.7. The van der Waals surface area contributed by atoms with Gasteiger partial charge in [0.2, 0.25) is 0 Å². The first kappa shape index (κ1) is 14.0. The van der Waals surface area contributed by atoms with Crippen LogP contribution >= 0.6 is 0 Å². The summed E-state index contributed by atoms with van der Waals surface area (Å²) in [6.45, 7) is 1.86. The number of aryl methyl sites for hydroxylation is 1. The molecule has 0 saturated carbocycles. The summed E-state index contributed by atoms with van der Waals surface area (Å²) in [4.78, 5) is 0. The number of aliphatic hydroxyl groups excluding tert-OH is 1. The van der Waals surface area contributed by atoms with E-state index in [4.69, 9.17) is 9.84 Å². The molecule has 0 atom stereocenters. The molecule has 0 amide bonds. The molecule has 2 aromatic rings. The molecular weight excluding hydrogens is 263 g/mol. The van der Waals surface area contributed by atoms with Crippen LogP contribution in [0.2, 0.25) is 0 Å². The zero-order valence-electron chi connectivity index (χ0n) is 10.9. The summed E-state index contributed by atoms with van der Waals surface area (Å²) in [7, 11) is 0. The third-order valence-corrected chi connectivity index (χ3v) is 2.52. The lowest BCUT2D eigenvalue weighted by atomic mass is 10.2. The number of hydrogen-bond donors (Lipinski definition) is 1. The monoisotopic (exact) mass is 276 g/mol. The molecular formula is C14H13FN2O3. The summed E-state index contributed by atoms with van der Waals surface area (Å²) in [6, 6.07) is 4.41. The second kappa shape index (κ2) is 6.68. The fourth-order valence-electron chi connectivity index (χ4n) is 1.43. The van der Waals surface area contributed by atoms with Gasteiger partial charge in [0.15, 0.2) is 0 Å². The Hall–Kier alpha value is -2.39. The lowest BCUT2D eigenvalue weighted by molar-refractivity contribution is 0.269. The maximum Gasteiger partial charge on any atom is 0.145 e. The molecule has 0 spiro atoms. The van der Waals surface area contributed by atoms with Crippen LogP contribution < -0.4 is 4.74 Å². The lowest BCUT2D eigenvalue weighted by Crippen LogP contribution is -1.98. The van der Waals surface area contributed by atoms with Crippen molar-refractivity contribution < 1.29 is 18.9 Å². The highest BCUT2D eigenvalue weighted by Gasteiger charge is 2.07. The summed E-state index contributed by atoms with van der Waals surface area (Å²) in [5, 5.41) is 15.9. The van der Waals surface area contributed by atoms with E-state index < -0.39 is 5.82 Å². The van der Waals surface area contributed by atoms with Crippen LogP contribution in [-0.2, 0) is 6.61 Å². The van der Waals surface area contributed by atoms with Crippen molar-refractivity contribution in [2.75, 3.05) is 6.61 Å². The molecule has 1 N–H and O–H groups in total. The van der Waals surface area contributed by atoms with Crippen molar-refractivity contribution in [2.24, 2.45) is 0 Å². The van der Waals surface area contributed by atoms with Gasteiger partial charge in [-0.3, -0.25) is 0 Å². The minimum Gasteiger partial charge on any atom is -0.487 e. The van der Waals surface area contributed by atoms with Gasteiger partial charge in [-0.1, -0.05) is 22.2 Å². The third-order valence-electron chi connectivity index (χ3n) is 2.52. The van der Waals surface area contributed by atoms with Gasteiger partial charge in [-0.25, -0.2) is 9.02 Å². The van der Waals surface area contributed by atoms with Crippen LogP contribution in [0.25, 0.3) is 0 Å². The van der Waals surface area contributed by atoms with Crippen LogP contribution in [0.4, 0.5) is 4.39 Å². The molecule has 104 valence electrons. The van der Waals surface area contributed by atoms with E-state index in [1.165, 1.54) is 12.1 Å². The van der Waals surface area contributed by atoms with Gasteiger partial charge in [-0.05, 0) is 19.1 Å². The van der Waals surface area contributed by atoms with Gasteiger partial charge in [0.1, 0.15) is 29.6 Å². The summed E-state index contributed by atoms with van der Waals surface area (Å²) < 4.78 is 23.7. The summed E-state index contributed by atoms with van der Waals surface area (Å²) in [5.74, 6) is 5.21. The molecule has 0 aliphatic rings. The van der Waals surface area contributed by atoms with E-state index in [9.17, 15) is 4.39 Å². The average Bonchev–Trinajstić information content (AvgIpc) is 2.84. The zero-order chi connectivity index (χ0) is 14.4. The quantitative estimate of drug-likeness (QED) is 0.863. The normalized spacial score (nSPS) is 9.95. The largest absolute Gasteiger partial charge is 0.487 e. The van der Waals surface area contributed by atoms with Gasteiger partial charge in [-0.15, -0.1) is 0 Å². The highest BCUT2D eigenvalue weighted by Crippen LogP contribution is 2.17. The molecule has 0 saturated heterocycles. The van der Waals surface area contributed by atoms with Gasteiger partial charge in [0.05, 0.1) is 12.2 Å². The van der Waals surface area contributed by atoms with E-state index >= 15 is 0 Å². The van der Waals surface area contributed by atoms with Crippen LogP contribution in [-0.4, -0.2) is 22.0 Å². The third kappa shape index (κ3) is 3.56. The Labute approximate surface area is 115 Å². The van der Waals surface area contributed by atoms with Crippen molar-refractivity contribution in [1.29, 1.82) is 0 Å². The summed E-state index contributed by atoms with van der Waals surface area (Å²) in [5.41, 5.74) is 1.47. The highest BCUT2D eigenvalue weighted by atomic mass is 19.1. The van der Waals surface area contributed by atoms with Crippen LogP contribution in [0, 0.1) is 24.6 Å². The number of halogens is 1. The topological polar surface area (TPSA) is 68.4 Å². The molecule has 0 radical (unpaired) electrons. The number of hydrogen-bond acceptors (Lipinski definition) is 5.